The monoisotopic (exact) mass is 382 g/mol. The predicted molar refractivity (Wildman–Crippen MR) is 103 cm³/mol. The van der Waals surface area contributed by atoms with Gasteiger partial charge >= 0.3 is 0 Å². The molecule has 0 aliphatic rings. The fourth-order valence-electron chi connectivity index (χ4n) is 2.49. The van der Waals surface area contributed by atoms with Crippen LogP contribution in [0.5, 0.6) is 11.5 Å². The van der Waals surface area contributed by atoms with E-state index < -0.39 is 5.91 Å². The molecule has 144 valence electrons. The zero-order valence-electron chi connectivity index (χ0n) is 15.4. The number of nitrogens with one attached hydrogen (secondary N) is 2. The average Bonchev–Trinajstić information content (AvgIpc) is 2.73. The molecule has 7 nitrogen and oxygen atoms in total. The molecule has 1 aromatic heterocycles. The average molecular weight is 382 g/mol. The van der Waals surface area contributed by atoms with E-state index >= 15 is 0 Å². The standard InChI is InChI=1S/C20H19FN4O3/c1-27-17-8-3-13(9-18(17)28-2)11-22-19-10-16(23-12-24-19)20(26)25-15-6-4-14(21)5-7-15/h3-10,12H,11H2,1-2H3,(H,25,26)(H,22,23,24). The van der Waals surface area contributed by atoms with Crippen molar-refractivity contribution in [2.24, 2.45) is 0 Å². The van der Waals surface area contributed by atoms with Crippen molar-refractivity contribution in [2.75, 3.05) is 24.9 Å². The quantitative estimate of drug-likeness (QED) is 0.651. The van der Waals surface area contributed by atoms with Gasteiger partial charge in [0.1, 0.15) is 23.7 Å². The molecule has 0 aliphatic carbocycles. The SMILES string of the molecule is COc1ccc(CNc2cc(C(=O)Nc3ccc(F)cc3)ncn2)cc1OC. The van der Waals surface area contributed by atoms with Gasteiger partial charge in [-0.2, -0.15) is 0 Å². The summed E-state index contributed by atoms with van der Waals surface area (Å²) in [4.78, 5) is 20.4. The molecular formula is C20H19FN4O3. The summed E-state index contributed by atoms with van der Waals surface area (Å²) < 4.78 is 23.5. The molecule has 0 fully saturated rings. The van der Waals surface area contributed by atoms with Crippen molar-refractivity contribution in [3.63, 3.8) is 0 Å². The summed E-state index contributed by atoms with van der Waals surface area (Å²) >= 11 is 0. The number of benzene rings is 2. The number of carbonyl (C=O) groups excluding carboxylic acids is 1. The van der Waals surface area contributed by atoms with Crippen molar-refractivity contribution >= 4 is 17.4 Å². The fraction of sp³-hybridized carbons (Fsp3) is 0.150. The first kappa shape index (κ1) is 19.1. The van der Waals surface area contributed by atoms with Gasteiger partial charge in [0, 0.05) is 18.3 Å². The Bertz CT molecular complexity index is 964. The van der Waals surface area contributed by atoms with Crippen molar-refractivity contribution in [3.05, 3.63) is 71.9 Å². The van der Waals surface area contributed by atoms with Gasteiger partial charge in [-0.15, -0.1) is 0 Å². The van der Waals surface area contributed by atoms with E-state index in [1.165, 1.54) is 30.6 Å². The lowest BCUT2D eigenvalue weighted by molar-refractivity contribution is 0.102. The molecule has 3 aromatic rings. The largest absolute Gasteiger partial charge is 0.493 e. The Morgan fingerprint density at radius 1 is 1.00 bits per heavy atom. The van der Waals surface area contributed by atoms with Crippen LogP contribution in [0, 0.1) is 5.82 Å². The number of aromatic nitrogens is 2. The number of halogens is 1. The minimum absolute atomic E-state index is 0.189. The smallest absolute Gasteiger partial charge is 0.274 e. The number of carbonyl (C=O) groups is 1. The zero-order chi connectivity index (χ0) is 19.9. The van der Waals surface area contributed by atoms with Crippen LogP contribution in [0.25, 0.3) is 0 Å². The summed E-state index contributed by atoms with van der Waals surface area (Å²) in [5, 5.41) is 5.80. The topological polar surface area (TPSA) is 85.4 Å². The molecule has 8 heteroatoms. The molecule has 0 aliphatic heterocycles. The molecule has 0 unspecified atom stereocenters. The van der Waals surface area contributed by atoms with Crippen LogP contribution in [0.15, 0.2) is 54.9 Å². The molecule has 2 N–H and O–H groups in total. The predicted octanol–water partition coefficient (Wildman–Crippen LogP) is 3.50. The van der Waals surface area contributed by atoms with Crippen LogP contribution >= 0.6 is 0 Å². The molecule has 0 radical (unpaired) electrons. The summed E-state index contributed by atoms with van der Waals surface area (Å²) in [6.07, 6.45) is 1.30. The number of ether oxygens (including phenoxy) is 2. The highest BCUT2D eigenvalue weighted by Gasteiger charge is 2.10. The van der Waals surface area contributed by atoms with Crippen molar-refractivity contribution in [1.82, 2.24) is 9.97 Å². The lowest BCUT2D eigenvalue weighted by Gasteiger charge is -2.11. The van der Waals surface area contributed by atoms with Crippen LogP contribution in [0.1, 0.15) is 16.1 Å². The van der Waals surface area contributed by atoms with E-state index in [2.05, 4.69) is 20.6 Å². The highest BCUT2D eigenvalue weighted by atomic mass is 19.1. The first-order chi connectivity index (χ1) is 13.6. The van der Waals surface area contributed by atoms with E-state index in [9.17, 15) is 9.18 Å². The molecule has 28 heavy (non-hydrogen) atoms. The molecule has 0 spiro atoms. The van der Waals surface area contributed by atoms with Gasteiger partial charge in [-0.25, -0.2) is 14.4 Å². The van der Waals surface area contributed by atoms with Crippen LogP contribution in [-0.4, -0.2) is 30.1 Å². The molecule has 0 atom stereocenters. The Kier molecular flexibility index (Phi) is 6.01. The van der Waals surface area contributed by atoms with Gasteiger partial charge < -0.3 is 20.1 Å². The second-order valence-corrected chi connectivity index (χ2v) is 5.79. The Morgan fingerprint density at radius 2 is 1.75 bits per heavy atom. The Balaban J connectivity index is 1.66. The van der Waals surface area contributed by atoms with Gasteiger partial charge in [0.25, 0.3) is 5.91 Å². The summed E-state index contributed by atoms with van der Waals surface area (Å²) in [6, 6.07) is 12.6. The van der Waals surface area contributed by atoms with Crippen LogP contribution in [-0.2, 0) is 6.54 Å². The lowest BCUT2D eigenvalue weighted by atomic mass is 10.2. The summed E-state index contributed by atoms with van der Waals surface area (Å²) in [7, 11) is 3.15. The Morgan fingerprint density at radius 3 is 2.46 bits per heavy atom. The van der Waals surface area contributed by atoms with E-state index in [0.29, 0.717) is 29.5 Å². The van der Waals surface area contributed by atoms with Crippen molar-refractivity contribution in [1.29, 1.82) is 0 Å². The second-order valence-electron chi connectivity index (χ2n) is 5.79. The summed E-state index contributed by atoms with van der Waals surface area (Å²) in [5.41, 5.74) is 1.62. The normalized spacial score (nSPS) is 10.2. The maximum absolute atomic E-state index is 13.0. The van der Waals surface area contributed by atoms with Crippen LogP contribution < -0.4 is 20.1 Å². The number of anilines is 2. The fourth-order valence-corrected chi connectivity index (χ4v) is 2.49. The van der Waals surface area contributed by atoms with E-state index in [1.54, 1.807) is 20.3 Å². The number of rotatable bonds is 7. The minimum atomic E-state index is -0.414. The van der Waals surface area contributed by atoms with Crippen molar-refractivity contribution < 1.29 is 18.7 Å². The highest BCUT2D eigenvalue weighted by Crippen LogP contribution is 2.27. The van der Waals surface area contributed by atoms with Gasteiger partial charge in [-0.3, -0.25) is 4.79 Å². The van der Waals surface area contributed by atoms with Gasteiger partial charge in [0.2, 0.25) is 0 Å². The minimum Gasteiger partial charge on any atom is -0.493 e. The van der Waals surface area contributed by atoms with Crippen LogP contribution in [0.3, 0.4) is 0 Å². The molecule has 0 bridgehead atoms. The molecule has 1 heterocycles. The third-order valence-electron chi connectivity index (χ3n) is 3.92. The van der Waals surface area contributed by atoms with E-state index in [1.807, 2.05) is 18.2 Å². The highest BCUT2D eigenvalue weighted by molar-refractivity contribution is 6.03. The van der Waals surface area contributed by atoms with Gasteiger partial charge in [0.15, 0.2) is 11.5 Å². The number of hydrogen-bond donors (Lipinski definition) is 2. The third kappa shape index (κ3) is 4.73. The number of methoxy groups -OCH3 is 2. The summed E-state index contributed by atoms with van der Waals surface area (Å²) in [6.45, 7) is 0.469. The van der Waals surface area contributed by atoms with Crippen LogP contribution in [0.2, 0.25) is 0 Å². The molecule has 1 amide bonds. The zero-order valence-corrected chi connectivity index (χ0v) is 15.4. The Hall–Kier alpha value is -3.68. The first-order valence-electron chi connectivity index (χ1n) is 8.43. The summed E-state index contributed by atoms with van der Waals surface area (Å²) in [5.74, 6) is 0.982. The molecule has 3 rings (SSSR count). The number of hydrogen-bond acceptors (Lipinski definition) is 6. The molecular weight excluding hydrogens is 363 g/mol. The lowest BCUT2D eigenvalue weighted by Crippen LogP contribution is -2.14. The Labute approximate surface area is 161 Å². The molecule has 2 aromatic carbocycles. The van der Waals surface area contributed by atoms with Crippen LogP contribution in [0.4, 0.5) is 15.9 Å². The molecule has 0 saturated carbocycles. The van der Waals surface area contributed by atoms with Crippen molar-refractivity contribution in [2.45, 2.75) is 6.54 Å². The molecule has 0 saturated heterocycles. The maximum Gasteiger partial charge on any atom is 0.274 e. The van der Waals surface area contributed by atoms with E-state index in [4.69, 9.17) is 9.47 Å². The first-order valence-corrected chi connectivity index (χ1v) is 8.43. The van der Waals surface area contributed by atoms with Gasteiger partial charge in [-0.1, -0.05) is 6.07 Å². The van der Waals surface area contributed by atoms with E-state index in [-0.39, 0.29) is 11.5 Å². The van der Waals surface area contributed by atoms with Gasteiger partial charge in [0.05, 0.1) is 14.2 Å². The third-order valence-corrected chi connectivity index (χ3v) is 3.92. The maximum atomic E-state index is 13.0. The second kappa shape index (κ2) is 8.81. The number of nitrogens with zero attached hydrogens (tertiary/aromatic N) is 2. The van der Waals surface area contributed by atoms with Gasteiger partial charge in [-0.05, 0) is 42.0 Å². The van der Waals surface area contributed by atoms with Crippen molar-refractivity contribution in [3.8, 4) is 11.5 Å². The number of amides is 1. The van der Waals surface area contributed by atoms with E-state index in [0.717, 1.165) is 5.56 Å².